The lowest BCUT2D eigenvalue weighted by Crippen LogP contribution is -2.51. The number of aryl methyl sites for hydroxylation is 1. The molecule has 0 fully saturated rings. The molecule has 1 aliphatic rings. The summed E-state index contributed by atoms with van der Waals surface area (Å²) >= 11 is 0. The number of rotatable bonds is 6. The lowest BCUT2D eigenvalue weighted by Gasteiger charge is -2.39. The summed E-state index contributed by atoms with van der Waals surface area (Å²) in [5, 5.41) is 11.1. The summed E-state index contributed by atoms with van der Waals surface area (Å²) in [5.41, 5.74) is -1.08. The molecule has 1 aliphatic carbocycles. The molecule has 2 aromatic carbocycles. The van der Waals surface area contributed by atoms with Gasteiger partial charge in [0.15, 0.2) is 5.60 Å². The maximum Gasteiger partial charge on any atom is 0.417 e. The van der Waals surface area contributed by atoms with Crippen LogP contribution in [0.4, 0.5) is 17.6 Å². The highest BCUT2D eigenvalue weighted by Crippen LogP contribution is 2.45. The van der Waals surface area contributed by atoms with Gasteiger partial charge in [-0.3, -0.25) is 0 Å². The SMILES string of the molecule is COc1ccc(F)cc1C(C)(C)CC(O)(Cc1ccc(C)c2c1C=CCC=C2)C(F)(F)F. The van der Waals surface area contributed by atoms with E-state index in [1.807, 2.05) is 31.2 Å². The molecule has 0 radical (unpaired) electrons. The highest BCUT2D eigenvalue weighted by Gasteiger charge is 2.56. The largest absolute Gasteiger partial charge is 0.496 e. The quantitative estimate of drug-likeness (QED) is 0.494. The number of halogens is 4. The minimum Gasteiger partial charge on any atom is -0.496 e. The number of hydrogen-bond acceptors (Lipinski definition) is 2. The molecule has 32 heavy (non-hydrogen) atoms. The highest BCUT2D eigenvalue weighted by molar-refractivity contribution is 5.72. The van der Waals surface area contributed by atoms with Gasteiger partial charge in [0.2, 0.25) is 0 Å². The second kappa shape index (κ2) is 8.74. The smallest absolute Gasteiger partial charge is 0.417 e. The molecule has 6 heteroatoms. The van der Waals surface area contributed by atoms with Crippen LogP contribution in [-0.4, -0.2) is 24.0 Å². The standard InChI is InChI=1S/C26H28F4O2/c1-17-10-11-18(21-9-7-5-6-8-20(17)21)15-25(31,26(28,29)30)16-24(2,3)22-14-19(27)12-13-23(22)32-4/h6-14,31H,5,15-16H2,1-4H3. The predicted molar refractivity (Wildman–Crippen MR) is 119 cm³/mol. The summed E-state index contributed by atoms with van der Waals surface area (Å²) in [6.07, 6.45) is 2.08. The molecule has 0 spiro atoms. The van der Waals surface area contributed by atoms with Crippen molar-refractivity contribution in [2.75, 3.05) is 7.11 Å². The molecule has 3 rings (SSSR count). The van der Waals surface area contributed by atoms with Crippen LogP contribution in [0.1, 0.15) is 54.5 Å². The minimum absolute atomic E-state index is 0.272. The van der Waals surface area contributed by atoms with E-state index in [-0.39, 0.29) is 11.3 Å². The molecule has 172 valence electrons. The van der Waals surface area contributed by atoms with Crippen LogP contribution in [0, 0.1) is 12.7 Å². The van der Waals surface area contributed by atoms with Gasteiger partial charge < -0.3 is 9.84 Å². The summed E-state index contributed by atoms with van der Waals surface area (Å²) in [7, 11) is 1.38. The zero-order valence-corrected chi connectivity index (χ0v) is 18.7. The fourth-order valence-corrected chi connectivity index (χ4v) is 4.43. The van der Waals surface area contributed by atoms with Gasteiger partial charge >= 0.3 is 6.18 Å². The van der Waals surface area contributed by atoms with Crippen molar-refractivity contribution in [3.05, 3.63) is 76.1 Å². The average molecular weight is 449 g/mol. The van der Waals surface area contributed by atoms with Gasteiger partial charge in [-0.1, -0.05) is 50.3 Å². The summed E-state index contributed by atoms with van der Waals surface area (Å²) in [4.78, 5) is 0. The van der Waals surface area contributed by atoms with Gasteiger partial charge in [0.25, 0.3) is 0 Å². The first kappa shape index (κ1) is 24.1. The van der Waals surface area contributed by atoms with E-state index in [2.05, 4.69) is 0 Å². The van der Waals surface area contributed by atoms with E-state index in [1.54, 1.807) is 26.0 Å². The maximum absolute atomic E-state index is 14.3. The Morgan fingerprint density at radius 1 is 1.00 bits per heavy atom. The van der Waals surface area contributed by atoms with Crippen LogP contribution in [0.25, 0.3) is 12.2 Å². The van der Waals surface area contributed by atoms with E-state index in [4.69, 9.17) is 4.74 Å². The summed E-state index contributed by atoms with van der Waals surface area (Å²) in [6.45, 7) is 5.01. The van der Waals surface area contributed by atoms with Gasteiger partial charge in [-0.15, -0.1) is 0 Å². The van der Waals surface area contributed by atoms with E-state index in [1.165, 1.54) is 25.3 Å². The Hall–Kier alpha value is -2.60. The second-order valence-corrected chi connectivity index (χ2v) is 9.02. The molecular weight excluding hydrogens is 420 g/mol. The number of aliphatic hydroxyl groups is 1. The summed E-state index contributed by atoms with van der Waals surface area (Å²) < 4.78 is 62.1. The Morgan fingerprint density at radius 3 is 2.28 bits per heavy atom. The summed E-state index contributed by atoms with van der Waals surface area (Å²) in [6, 6.07) is 7.16. The Bertz CT molecular complexity index is 1050. The Labute approximate surface area is 186 Å². The van der Waals surface area contributed by atoms with E-state index in [9.17, 15) is 22.7 Å². The zero-order valence-electron chi connectivity index (χ0n) is 18.7. The second-order valence-electron chi connectivity index (χ2n) is 9.02. The Kier molecular flexibility index (Phi) is 6.57. The first-order valence-corrected chi connectivity index (χ1v) is 10.5. The van der Waals surface area contributed by atoms with Crippen molar-refractivity contribution >= 4 is 12.2 Å². The molecule has 0 aliphatic heterocycles. The number of alkyl halides is 3. The van der Waals surface area contributed by atoms with E-state index < -0.39 is 35.9 Å². The van der Waals surface area contributed by atoms with Crippen molar-refractivity contribution < 1.29 is 27.4 Å². The lowest BCUT2D eigenvalue weighted by molar-refractivity contribution is -0.266. The zero-order chi connectivity index (χ0) is 23.7. The summed E-state index contributed by atoms with van der Waals surface area (Å²) in [5.74, 6) is -0.302. The molecule has 0 heterocycles. The van der Waals surface area contributed by atoms with Crippen LogP contribution in [0.3, 0.4) is 0 Å². The van der Waals surface area contributed by atoms with Crippen LogP contribution in [-0.2, 0) is 11.8 Å². The van der Waals surface area contributed by atoms with Crippen molar-refractivity contribution in [3.8, 4) is 5.75 Å². The molecular formula is C26H28F4O2. The number of hydrogen-bond donors (Lipinski definition) is 1. The molecule has 2 aromatic rings. The van der Waals surface area contributed by atoms with Crippen LogP contribution < -0.4 is 4.74 Å². The molecule has 1 atom stereocenters. The first-order valence-electron chi connectivity index (χ1n) is 10.5. The number of allylic oxidation sites excluding steroid dienone is 2. The van der Waals surface area contributed by atoms with Crippen LogP contribution >= 0.6 is 0 Å². The third-order valence-corrected chi connectivity index (χ3v) is 6.07. The number of methoxy groups -OCH3 is 1. The average Bonchev–Trinajstić information content (AvgIpc) is 2.96. The lowest BCUT2D eigenvalue weighted by atomic mass is 9.72. The van der Waals surface area contributed by atoms with Crippen molar-refractivity contribution in [3.63, 3.8) is 0 Å². The molecule has 0 aromatic heterocycles. The monoisotopic (exact) mass is 448 g/mol. The van der Waals surface area contributed by atoms with Crippen molar-refractivity contribution in [1.82, 2.24) is 0 Å². The van der Waals surface area contributed by atoms with Gasteiger partial charge in [-0.05, 0) is 65.6 Å². The van der Waals surface area contributed by atoms with Crippen LogP contribution in [0.2, 0.25) is 0 Å². The molecule has 0 saturated heterocycles. The van der Waals surface area contributed by atoms with Gasteiger partial charge in [-0.2, -0.15) is 13.2 Å². The molecule has 0 amide bonds. The third kappa shape index (κ3) is 4.75. The molecule has 1 unspecified atom stereocenters. The van der Waals surface area contributed by atoms with Crippen molar-refractivity contribution in [1.29, 1.82) is 0 Å². The van der Waals surface area contributed by atoms with Crippen LogP contribution in [0.5, 0.6) is 5.75 Å². The predicted octanol–water partition coefficient (Wildman–Crippen LogP) is 6.78. The Morgan fingerprint density at radius 2 is 1.66 bits per heavy atom. The van der Waals surface area contributed by atoms with Crippen molar-refractivity contribution in [2.24, 2.45) is 0 Å². The Balaban J connectivity index is 2.06. The fourth-order valence-electron chi connectivity index (χ4n) is 4.43. The maximum atomic E-state index is 14.3. The van der Waals surface area contributed by atoms with Gasteiger partial charge in [0, 0.05) is 12.0 Å². The molecule has 0 saturated carbocycles. The third-order valence-electron chi connectivity index (χ3n) is 6.07. The highest BCUT2D eigenvalue weighted by atomic mass is 19.4. The topological polar surface area (TPSA) is 29.5 Å². The normalized spacial score (nSPS) is 15.8. The first-order chi connectivity index (χ1) is 14.9. The molecule has 0 bridgehead atoms. The van der Waals surface area contributed by atoms with Crippen molar-refractivity contribution in [2.45, 2.75) is 57.2 Å². The fraction of sp³-hybridized carbons (Fsp3) is 0.385. The minimum atomic E-state index is -4.90. The van der Waals surface area contributed by atoms with Gasteiger partial charge in [0.05, 0.1) is 7.11 Å². The number of benzene rings is 2. The molecule has 1 N–H and O–H groups in total. The van der Waals surface area contributed by atoms with Crippen LogP contribution in [0.15, 0.2) is 42.5 Å². The van der Waals surface area contributed by atoms with E-state index >= 15 is 0 Å². The van der Waals surface area contributed by atoms with E-state index in [0.717, 1.165) is 11.1 Å². The molecule has 2 nitrogen and oxygen atoms in total. The number of fused-ring (bicyclic) bond motifs is 1. The van der Waals surface area contributed by atoms with Gasteiger partial charge in [0.1, 0.15) is 11.6 Å². The van der Waals surface area contributed by atoms with Gasteiger partial charge in [-0.25, -0.2) is 4.39 Å². The van der Waals surface area contributed by atoms with E-state index in [0.29, 0.717) is 17.5 Å². The number of ether oxygens (including phenoxy) is 1.